The van der Waals surface area contributed by atoms with Crippen LogP contribution in [0.4, 0.5) is 0 Å². The summed E-state index contributed by atoms with van der Waals surface area (Å²) < 4.78 is 10.8. The van der Waals surface area contributed by atoms with E-state index >= 15 is 0 Å². The van der Waals surface area contributed by atoms with E-state index in [-0.39, 0.29) is 5.78 Å². The predicted molar refractivity (Wildman–Crippen MR) is 67.6 cm³/mol. The monoisotopic (exact) mass is 234 g/mol. The normalized spacial score (nSPS) is 10.7. The summed E-state index contributed by atoms with van der Waals surface area (Å²) in [6.45, 7) is 5.03. The molecule has 0 bridgehead atoms. The fourth-order valence-electron chi connectivity index (χ4n) is 1.34. The van der Waals surface area contributed by atoms with Crippen molar-refractivity contribution in [2.75, 3.05) is 19.8 Å². The molecule has 17 heavy (non-hydrogen) atoms. The topological polar surface area (TPSA) is 35.5 Å². The molecule has 92 valence electrons. The average Bonchev–Trinajstić information content (AvgIpc) is 2.34. The molecule has 0 radical (unpaired) electrons. The Balaban J connectivity index is 2.38. The molecule has 0 saturated heterocycles. The molecule has 0 amide bonds. The van der Waals surface area contributed by atoms with Gasteiger partial charge in [-0.1, -0.05) is 24.3 Å². The molecular formula is C14H18O3. The molecule has 1 rings (SSSR count). The first-order chi connectivity index (χ1) is 8.25. The Morgan fingerprint density at radius 3 is 2.76 bits per heavy atom. The van der Waals surface area contributed by atoms with Gasteiger partial charge in [0.2, 0.25) is 0 Å². The molecule has 0 spiro atoms. The number of ketones is 1. The molecule has 0 N–H and O–H groups in total. The minimum Gasteiger partial charge on any atom is -0.490 e. The molecule has 0 fully saturated rings. The van der Waals surface area contributed by atoms with Gasteiger partial charge in [0.25, 0.3) is 0 Å². The molecular weight excluding hydrogens is 216 g/mol. The van der Waals surface area contributed by atoms with Gasteiger partial charge in [-0.3, -0.25) is 4.79 Å². The van der Waals surface area contributed by atoms with Crippen LogP contribution in [0.1, 0.15) is 24.2 Å². The van der Waals surface area contributed by atoms with Gasteiger partial charge in [0.15, 0.2) is 5.78 Å². The largest absolute Gasteiger partial charge is 0.490 e. The number of allylic oxidation sites excluding steroid dienone is 1. The van der Waals surface area contributed by atoms with Crippen LogP contribution < -0.4 is 4.74 Å². The van der Waals surface area contributed by atoms with Gasteiger partial charge in [-0.15, -0.1) is 0 Å². The second-order valence-electron chi connectivity index (χ2n) is 3.54. The van der Waals surface area contributed by atoms with Crippen molar-refractivity contribution in [3.8, 4) is 5.75 Å². The Kier molecular flexibility index (Phi) is 6.04. The number of carbonyl (C=O) groups excluding carboxylic acids is 1. The number of hydrogen-bond acceptors (Lipinski definition) is 3. The molecule has 0 aromatic heterocycles. The Bertz CT molecular complexity index is 383. The van der Waals surface area contributed by atoms with Crippen LogP contribution in [-0.4, -0.2) is 25.6 Å². The lowest BCUT2D eigenvalue weighted by Gasteiger charge is -2.09. The highest BCUT2D eigenvalue weighted by Crippen LogP contribution is 2.17. The number of hydrogen-bond donors (Lipinski definition) is 0. The van der Waals surface area contributed by atoms with Gasteiger partial charge in [-0.2, -0.15) is 0 Å². The van der Waals surface area contributed by atoms with Gasteiger partial charge in [0.1, 0.15) is 12.4 Å². The summed E-state index contributed by atoms with van der Waals surface area (Å²) in [6, 6.07) is 7.23. The second kappa shape index (κ2) is 7.63. The predicted octanol–water partition coefficient (Wildman–Crippen LogP) is 2.86. The number of rotatable bonds is 7. The zero-order chi connectivity index (χ0) is 12.5. The quantitative estimate of drug-likeness (QED) is 0.413. The van der Waals surface area contributed by atoms with Gasteiger partial charge >= 0.3 is 0 Å². The number of ether oxygens (including phenoxy) is 2. The summed E-state index contributed by atoms with van der Waals surface area (Å²) in [5, 5.41) is 0. The fraction of sp³-hybridized carbons (Fsp3) is 0.357. The highest BCUT2D eigenvalue weighted by molar-refractivity contribution is 5.96. The molecule has 0 aliphatic heterocycles. The van der Waals surface area contributed by atoms with Crippen LogP contribution in [0.5, 0.6) is 5.75 Å². The molecule has 0 saturated carbocycles. The van der Waals surface area contributed by atoms with Gasteiger partial charge < -0.3 is 9.47 Å². The highest BCUT2D eigenvalue weighted by atomic mass is 16.5. The first-order valence-electron chi connectivity index (χ1n) is 5.67. The van der Waals surface area contributed by atoms with Gasteiger partial charge in [0.05, 0.1) is 18.8 Å². The van der Waals surface area contributed by atoms with Crippen LogP contribution in [0.15, 0.2) is 36.4 Å². The van der Waals surface area contributed by atoms with Crippen molar-refractivity contribution in [3.63, 3.8) is 0 Å². The van der Waals surface area contributed by atoms with E-state index in [1.165, 1.54) is 6.92 Å². The number of Topliss-reactive ketones (excluding diaryl/α,β-unsaturated/α-hetero) is 1. The Labute approximate surface area is 102 Å². The van der Waals surface area contributed by atoms with E-state index in [9.17, 15) is 4.79 Å². The molecule has 0 aliphatic rings. The molecule has 0 heterocycles. The Morgan fingerprint density at radius 1 is 1.29 bits per heavy atom. The lowest BCUT2D eigenvalue weighted by molar-refractivity contribution is 0.0999. The zero-order valence-corrected chi connectivity index (χ0v) is 10.3. The number of para-hydroxylation sites is 1. The van der Waals surface area contributed by atoms with E-state index in [2.05, 4.69) is 0 Å². The van der Waals surface area contributed by atoms with E-state index in [1.54, 1.807) is 12.1 Å². The first kappa shape index (κ1) is 13.5. The van der Waals surface area contributed by atoms with Gasteiger partial charge in [-0.25, -0.2) is 0 Å². The van der Waals surface area contributed by atoms with Crippen LogP contribution in [0.2, 0.25) is 0 Å². The van der Waals surface area contributed by atoms with Crippen molar-refractivity contribution < 1.29 is 14.3 Å². The third-order valence-corrected chi connectivity index (χ3v) is 2.20. The Hall–Kier alpha value is -1.61. The molecule has 0 unspecified atom stereocenters. The SMILES string of the molecule is CC=CCOCCOc1ccccc1C(C)=O. The van der Waals surface area contributed by atoms with Crippen molar-refractivity contribution >= 4 is 5.78 Å². The van der Waals surface area contributed by atoms with Gasteiger partial charge in [-0.05, 0) is 26.0 Å². The molecule has 0 atom stereocenters. The van der Waals surface area contributed by atoms with Crippen molar-refractivity contribution in [2.45, 2.75) is 13.8 Å². The first-order valence-corrected chi connectivity index (χ1v) is 5.67. The number of benzene rings is 1. The summed E-state index contributed by atoms with van der Waals surface area (Å²) in [5.41, 5.74) is 0.612. The van der Waals surface area contributed by atoms with E-state index in [1.807, 2.05) is 31.2 Å². The van der Waals surface area contributed by atoms with Crippen LogP contribution >= 0.6 is 0 Å². The lowest BCUT2D eigenvalue weighted by atomic mass is 10.1. The standard InChI is InChI=1S/C14H18O3/c1-3-4-9-16-10-11-17-14-8-6-5-7-13(14)12(2)15/h3-8H,9-11H2,1-2H3. The number of carbonyl (C=O) groups is 1. The van der Waals surface area contributed by atoms with E-state index < -0.39 is 0 Å². The van der Waals surface area contributed by atoms with E-state index in [0.717, 1.165) is 0 Å². The maximum Gasteiger partial charge on any atom is 0.163 e. The summed E-state index contributed by atoms with van der Waals surface area (Å²) >= 11 is 0. The van der Waals surface area contributed by atoms with Crippen LogP contribution in [0.3, 0.4) is 0 Å². The smallest absolute Gasteiger partial charge is 0.163 e. The highest BCUT2D eigenvalue weighted by Gasteiger charge is 2.06. The van der Waals surface area contributed by atoms with Crippen LogP contribution in [0.25, 0.3) is 0 Å². The summed E-state index contributed by atoms with van der Waals surface area (Å²) in [5.74, 6) is 0.630. The minimum absolute atomic E-state index is 0.00966. The Morgan fingerprint density at radius 2 is 2.06 bits per heavy atom. The molecule has 1 aromatic rings. The minimum atomic E-state index is 0.00966. The third-order valence-electron chi connectivity index (χ3n) is 2.20. The molecule has 1 aromatic carbocycles. The maximum atomic E-state index is 11.3. The lowest BCUT2D eigenvalue weighted by Crippen LogP contribution is -2.08. The van der Waals surface area contributed by atoms with Crippen LogP contribution in [-0.2, 0) is 4.74 Å². The fourth-order valence-corrected chi connectivity index (χ4v) is 1.34. The summed E-state index contributed by atoms with van der Waals surface area (Å²) in [4.78, 5) is 11.3. The summed E-state index contributed by atoms with van der Waals surface area (Å²) in [6.07, 6.45) is 3.87. The maximum absolute atomic E-state index is 11.3. The van der Waals surface area contributed by atoms with Crippen molar-refractivity contribution in [2.24, 2.45) is 0 Å². The zero-order valence-electron chi connectivity index (χ0n) is 10.3. The van der Waals surface area contributed by atoms with Crippen molar-refractivity contribution in [1.29, 1.82) is 0 Å². The van der Waals surface area contributed by atoms with Crippen molar-refractivity contribution in [1.82, 2.24) is 0 Å². The average molecular weight is 234 g/mol. The third kappa shape index (κ3) is 4.83. The molecule has 3 heteroatoms. The molecule has 0 aliphatic carbocycles. The van der Waals surface area contributed by atoms with E-state index in [4.69, 9.17) is 9.47 Å². The van der Waals surface area contributed by atoms with Crippen LogP contribution in [0, 0.1) is 0 Å². The van der Waals surface area contributed by atoms with E-state index in [0.29, 0.717) is 31.1 Å². The molecule has 3 nitrogen and oxygen atoms in total. The summed E-state index contributed by atoms with van der Waals surface area (Å²) in [7, 11) is 0. The van der Waals surface area contributed by atoms with Crippen molar-refractivity contribution in [3.05, 3.63) is 42.0 Å². The van der Waals surface area contributed by atoms with Gasteiger partial charge in [0, 0.05) is 0 Å². The second-order valence-corrected chi connectivity index (χ2v) is 3.54.